The largest absolute Gasteiger partial charge is 0.496 e. The van der Waals surface area contributed by atoms with Crippen LogP contribution in [0, 0.1) is 12.8 Å². The highest BCUT2D eigenvalue weighted by atomic mass is 16.5. The van der Waals surface area contributed by atoms with Gasteiger partial charge < -0.3 is 15.4 Å². The van der Waals surface area contributed by atoms with E-state index in [1.54, 1.807) is 14.2 Å². The molecule has 1 aromatic carbocycles. The minimum atomic E-state index is 0.371. The van der Waals surface area contributed by atoms with Gasteiger partial charge in [0.15, 0.2) is 5.96 Å². The third kappa shape index (κ3) is 5.48. The summed E-state index contributed by atoms with van der Waals surface area (Å²) in [5, 5.41) is 6.81. The summed E-state index contributed by atoms with van der Waals surface area (Å²) in [4.78, 5) is 8.59. The molecule has 0 bridgehead atoms. The Kier molecular flexibility index (Phi) is 7.45. The summed E-state index contributed by atoms with van der Waals surface area (Å²) in [5.74, 6) is 2.55. The van der Waals surface area contributed by atoms with Crippen LogP contribution in [0.2, 0.25) is 0 Å². The van der Waals surface area contributed by atoms with E-state index in [9.17, 15) is 0 Å². The molecule has 5 heteroatoms. The van der Waals surface area contributed by atoms with E-state index in [0.717, 1.165) is 23.8 Å². The van der Waals surface area contributed by atoms with Crippen LogP contribution < -0.4 is 15.4 Å². The Balaban J connectivity index is 1.97. The Bertz CT molecular complexity index is 713. The van der Waals surface area contributed by atoms with Crippen molar-refractivity contribution in [2.75, 3.05) is 20.7 Å². The van der Waals surface area contributed by atoms with Crippen molar-refractivity contribution in [1.29, 1.82) is 0 Å². The zero-order chi connectivity index (χ0) is 18.9. The van der Waals surface area contributed by atoms with Crippen LogP contribution in [0.4, 0.5) is 0 Å². The molecule has 0 fully saturated rings. The van der Waals surface area contributed by atoms with Crippen molar-refractivity contribution in [2.45, 2.75) is 33.2 Å². The molecule has 0 saturated heterocycles. The summed E-state index contributed by atoms with van der Waals surface area (Å²) < 4.78 is 5.47. The fourth-order valence-corrected chi connectivity index (χ4v) is 2.94. The minimum Gasteiger partial charge on any atom is -0.496 e. The molecule has 0 aliphatic heterocycles. The standard InChI is InChI=1S/C21H30N4O/c1-15(2)19(17-7-6-10-23-12-17)14-25-21(22-4)24-13-18-9-8-16(3)11-20(18)26-5/h6-12,15,19H,13-14H2,1-5H3,(H2,22,24,25). The summed E-state index contributed by atoms with van der Waals surface area (Å²) in [7, 11) is 3.49. The number of pyridine rings is 1. The van der Waals surface area contributed by atoms with Gasteiger partial charge in [0.05, 0.1) is 7.11 Å². The molecule has 2 N–H and O–H groups in total. The normalized spacial score (nSPS) is 12.8. The van der Waals surface area contributed by atoms with Gasteiger partial charge >= 0.3 is 0 Å². The van der Waals surface area contributed by atoms with Gasteiger partial charge in [-0.05, 0) is 36.1 Å². The highest BCUT2D eigenvalue weighted by molar-refractivity contribution is 5.79. The topological polar surface area (TPSA) is 58.5 Å². The first-order valence-electron chi connectivity index (χ1n) is 9.03. The monoisotopic (exact) mass is 354 g/mol. The zero-order valence-electron chi connectivity index (χ0n) is 16.4. The molecule has 1 heterocycles. The van der Waals surface area contributed by atoms with Gasteiger partial charge in [-0.15, -0.1) is 0 Å². The Morgan fingerprint density at radius 2 is 2.04 bits per heavy atom. The second-order valence-electron chi connectivity index (χ2n) is 6.76. The first-order chi connectivity index (χ1) is 12.5. The lowest BCUT2D eigenvalue weighted by atomic mass is 9.89. The number of hydrogen-bond acceptors (Lipinski definition) is 3. The van der Waals surface area contributed by atoms with E-state index in [0.29, 0.717) is 18.4 Å². The van der Waals surface area contributed by atoms with E-state index in [2.05, 4.69) is 59.6 Å². The van der Waals surface area contributed by atoms with E-state index in [1.807, 2.05) is 24.5 Å². The van der Waals surface area contributed by atoms with Crippen molar-refractivity contribution in [3.63, 3.8) is 0 Å². The first kappa shape index (κ1) is 19.8. The van der Waals surface area contributed by atoms with Crippen LogP contribution in [0.15, 0.2) is 47.7 Å². The van der Waals surface area contributed by atoms with Crippen molar-refractivity contribution in [1.82, 2.24) is 15.6 Å². The molecule has 5 nitrogen and oxygen atoms in total. The lowest BCUT2D eigenvalue weighted by molar-refractivity contribution is 0.408. The van der Waals surface area contributed by atoms with Gasteiger partial charge in [0.2, 0.25) is 0 Å². The van der Waals surface area contributed by atoms with Crippen molar-refractivity contribution < 1.29 is 4.74 Å². The Hall–Kier alpha value is -2.56. The molecule has 1 atom stereocenters. The smallest absolute Gasteiger partial charge is 0.191 e. The number of nitrogens with zero attached hydrogens (tertiary/aromatic N) is 2. The molecule has 0 spiro atoms. The van der Waals surface area contributed by atoms with Crippen LogP contribution in [-0.4, -0.2) is 31.6 Å². The maximum absolute atomic E-state index is 5.47. The number of ether oxygens (including phenoxy) is 1. The van der Waals surface area contributed by atoms with Crippen molar-refractivity contribution in [3.05, 3.63) is 59.4 Å². The molecule has 0 radical (unpaired) electrons. The highest BCUT2D eigenvalue weighted by Gasteiger charge is 2.16. The first-order valence-corrected chi connectivity index (χ1v) is 9.03. The lowest BCUT2D eigenvalue weighted by Crippen LogP contribution is -2.39. The van der Waals surface area contributed by atoms with Gasteiger partial charge in [0.1, 0.15) is 5.75 Å². The van der Waals surface area contributed by atoms with Crippen molar-refractivity contribution >= 4 is 5.96 Å². The van der Waals surface area contributed by atoms with E-state index < -0.39 is 0 Å². The maximum Gasteiger partial charge on any atom is 0.191 e. The number of aliphatic imine (C=N–C) groups is 1. The molecule has 0 aliphatic rings. The number of rotatable bonds is 7. The molecular formula is C21H30N4O. The van der Waals surface area contributed by atoms with Crippen LogP contribution in [-0.2, 0) is 6.54 Å². The molecular weight excluding hydrogens is 324 g/mol. The summed E-state index contributed by atoms with van der Waals surface area (Å²) >= 11 is 0. The fraction of sp³-hybridized carbons (Fsp3) is 0.429. The molecule has 0 aliphatic carbocycles. The second-order valence-corrected chi connectivity index (χ2v) is 6.76. The van der Waals surface area contributed by atoms with Crippen LogP contribution in [0.25, 0.3) is 0 Å². The van der Waals surface area contributed by atoms with E-state index in [4.69, 9.17) is 4.74 Å². The number of aromatic nitrogens is 1. The molecule has 2 rings (SSSR count). The molecule has 140 valence electrons. The quantitative estimate of drug-likeness (QED) is 0.590. The summed E-state index contributed by atoms with van der Waals surface area (Å²) in [5.41, 5.74) is 3.53. The van der Waals surface area contributed by atoms with E-state index in [1.165, 1.54) is 11.1 Å². The predicted octanol–water partition coefficient (Wildman–Crippen LogP) is 3.50. The molecule has 2 aromatic rings. The fourth-order valence-electron chi connectivity index (χ4n) is 2.94. The highest BCUT2D eigenvalue weighted by Crippen LogP contribution is 2.23. The van der Waals surface area contributed by atoms with Crippen LogP contribution in [0.3, 0.4) is 0 Å². The molecule has 0 amide bonds. The molecule has 26 heavy (non-hydrogen) atoms. The van der Waals surface area contributed by atoms with Crippen LogP contribution in [0.1, 0.15) is 36.5 Å². The number of nitrogens with one attached hydrogen (secondary N) is 2. The number of methoxy groups -OCH3 is 1. The van der Waals surface area contributed by atoms with Crippen LogP contribution >= 0.6 is 0 Å². The SMILES string of the molecule is CN=C(NCc1ccc(C)cc1OC)NCC(c1cccnc1)C(C)C. The summed E-state index contributed by atoms with van der Waals surface area (Å²) in [6.07, 6.45) is 3.75. The Labute approximate surface area is 156 Å². The average Bonchev–Trinajstić information content (AvgIpc) is 2.65. The third-order valence-corrected chi connectivity index (χ3v) is 4.52. The Morgan fingerprint density at radius 1 is 1.23 bits per heavy atom. The molecule has 1 unspecified atom stereocenters. The van der Waals surface area contributed by atoms with Gasteiger partial charge in [-0.2, -0.15) is 0 Å². The number of aryl methyl sites for hydroxylation is 1. The van der Waals surface area contributed by atoms with Gasteiger partial charge in [-0.3, -0.25) is 9.98 Å². The zero-order valence-corrected chi connectivity index (χ0v) is 16.4. The van der Waals surface area contributed by atoms with Gasteiger partial charge in [0, 0.05) is 44.0 Å². The van der Waals surface area contributed by atoms with Crippen LogP contribution in [0.5, 0.6) is 5.75 Å². The third-order valence-electron chi connectivity index (χ3n) is 4.52. The minimum absolute atomic E-state index is 0.371. The summed E-state index contributed by atoms with van der Waals surface area (Å²) in [6, 6.07) is 10.3. The lowest BCUT2D eigenvalue weighted by Gasteiger charge is -2.23. The van der Waals surface area contributed by atoms with Gasteiger partial charge in [-0.1, -0.05) is 32.0 Å². The van der Waals surface area contributed by atoms with Gasteiger partial charge in [0.25, 0.3) is 0 Å². The van der Waals surface area contributed by atoms with Crippen molar-refractivity contribution in [2.24, 2.45) is 10.9 Å². The number of benzene rings is 1. The van der Waals surface area contributed by atoms with E-state index in [-0.39, 0.29) is 0 Å². The van der Waals surface area contributed by atoms with Crippen molar-refractivity contribution in [3.8, 4) is 5.75 Å². The molecule has 1 aromatic heterocycles. The average molecular weight is 354 g/mol. The summed E-state index contributed by atoms with van der Waals surface area (Å²) in [6.45, 7) is 7.97. The second kappa shape index (κ2) is 9.80. The maximum atomic E-state index is 5.47. The van der Waals surface area contributed by atoms with Gasteiger partial charge in [-0.25, -0.2) is 0 Å². The number of guanidine groups is 1. The Morgan fingerprint density at radius 3 is 2.65 bits per heavy atom. The van der Waals surface area contributed by atoms with E-state index >= 15 is 0 Å². The molecule has 0 saturated carbocycles. The number of hydrogen-bond donors (Lipinski definition) is 2. The predicted molar refractivity (Wildman–Crippen MR) is 108 cm³/mol.